The Hall–Kier alpha value is 0.210. The van der Waals surface area contributed by atoms with Crippen molar-refractivity contribution in [3.05, 3.63) is 0 Å². The van der Waals surface area contributed by atoms with E-state index in [4.69, 9.17) is 16.9 Å². The molecule has 0 rings (SSSR count). The lowest BCUT2D eigenvalue weighted by atomic mass is 11.7. The molecule has 2 nitrogen and oxygen atoms in total. The van der Waals surface area contributed by atoms with E-state index in [1.54, 1.807) is 0 Å². The molecule has 26 valence electrons. The fourth-order valence-corrected chi connectivity index (χ4v) is 0. The van der Waals surface area contributed by atoms with Gasteiger partial charge in [-0.15, -0.1) is 0 Å². The summed E-state index contributed by atoms with van der Waals surface area (Å²) in [7, 11) is 0. The fourth-order valence-electron chi connectivity index (χ4n) is 0. The first-order valence-electron chi connectivity index (χ1n) is 0.739. The minimum atomic E-state index is -0.153. The van der Waals surface area contributed by atoms with Crippen LogP contribution in [0.3, 0.4) is 0 Å². The summed E-state index contributed by atoms with van der Waals surface area (Å²) in [6.45, 7) is 0. The average Bonchev–Trinajstić information content (AvgIpc) is 1.37. The molecule has 0 aromatic heterocycles. The summed E-state index contributed by atoms with van der Waals surface area (Å²) in [4.78, 5) is 3.31. The van der Waals surface area contributed by atoms with Gasteiger partial charge in [-0.2, -0.15) is 0 Å². The van der Waals surface area contributed by atoms with Crippen molar-refractivity contribution in [2.24, 2.45) is 0 Å². The lowest BCUT2D eigenvalue weighted by Crippen LogP contribution is -1.70. The molecule has 0 amide bonds. The number of alkyl halides is 1. The van der Waals surface area contributed by atoms with Gasteiger partial charge in [0.15, 0.2) is 6.07 Å². The zero-order chi connectivity index (χ0) is 3.41. The highest BCUT2D eigenvalue weighted by atomic mass is 35.5. The summed E-state index contributed by atoms with van der Waals surface area (Å²) in [5, 5.41) is 7.24. The molecular weight excluding hydrogens is 79.5 g/mol. The van der Waals surface area contributed by atoms with Crippen LogP contribution in [0.15, 0.2) is 0 Å². The fraction of sp³-hybridized carbons (Fsp3) is 1.00. The van der Waals surface area contributed by atoms with Crippen LogP contribution in [-0.4, -0.2) is 11.3 Å². The van der Waals surface area contributed by atoms with Crippen molar-refractivity contribution < 1.29 is 10.1 Å². The van der Waals surface area contributed by atoms with Crippen LogP contribution in [0.25, 0.3) is 0 Å². The van der Waals surface area contributed by atoms with E-state index in [1.807, 2.05) is 0 Å². The van der Waals surface area contributed by atoms with Gasteiger partial charge in [0.25, 0.3) is 0 Å². The lowest BCUT2D eigenvalue weighted by Gasteiger charge is -1.71. The van der Waals surface area contributed by atoms with Crippen molar-refractivity contribution in [3.63, 3.8) is 0 Å². The molecule has 0 aliphatic heterocycles. The molecule has 0 spiro atoms. The third kappa shape index (κ3) is 2.21. The van der Waals surface area contributed by atoms with E-state index in [1.165, 1.54) is 0 Å². The molecule has 0 radical (unpaired) electrons. The molecule has 0 heterocycles. The van der Waals surface area contributed by atoms with E-state index in [0.717, 1.165) is 0 Å². The zero-order valence-electron chi connectivity index (χ0n) is 1.94. The summed E-state index contributed by atoms with van der Waals surface area (Å²) in [6.07, 6.45) is 0. The first-order valence-corrected chi connectivity index (χ1v) is 1.27. The van der Waals surface area contributed by atoms with Gasteiger partial charge in [0, 0.05) is 0 Å². The summed E-state index contributed by atoms with van der Waals surface area (Å²) in [5.74, 6) is 0. The number of hydrogen-bond acceptors (Lipinski definition) is 2. The highest BCUT2D eigenvalue weighted by Crippen LogP contribution is 1.66. The molecule has 0 fully saturated rings. The predicted octanol–water partition coefficient (Wildman–Crippen LogP) is 0.672. The topological polar surface area (TPSA) is 29.5 Å². The zero-order valence-corrected chi connectivity index (χ0v) is 2.70. The van der Waals surface area contributed by atoms with Crippen LogP contribution < -0.4 is 0 Å². The monoisotopic (exact) mass is 82.0 g/mol. The first kappa shape index (κ1) is 4.21. The lowest BCUT2D eigenvalue weighted by molar-refractivity contribution is -0.224. The van der Waals surface area contributed by atoms with Gasteiger partial charge in [-0.25, -0.2) is 4.89 Å². The maximum atomic E-state index is 7.24. The normalized spacial score (nSPS) is 7.50. The van der Waals surface area contributed by atoms with Crippen LogP contribution in [0.4, 0.5) is 0 Å². The molecule has 0 aliphatic carbocycles. The van der Waals surface area contributed by atoms with E-state index in [0.29, 0.717) is 0 Å². The third-order valence-corrected chi connectivity index (χ3v) is 0.146. The van der Waals surface area contributed by atoms with Crippen LogP contribution in [-0.2, 0) is 4.89 Å². The van der Waals surface area contributed by atoms with Crippen LogP contribution in [0.5, 0.6) is 0 Å². The molecule has 0 bridgehead atoms. The Bertz CT molecular complexity index is 8.00. The smallest absolute Gasteiger partial charge is 0.155 e. The minimum Gasteiger partial charge on any atom is -0.251 e. The molecule has 0 saturated heterocycles. The Kier molecular flexibility index (Phi) is 3.38. The van der Waals surface area contributed by atoms with Gasteiger partial charge in [-0.05, 0) is 0 Å². The van der Waals surface area contributed by atoms with Crippen LogP contribution in [0, 0.1) is 0 Å². The Balaban J connectivity index is 1.97. The quantitative estimate of drug-likeness (QED) is 0.286. The van der Waals surface area contributed by atoms with Crippen LogP contribution >= 0.6 is 11.6 Å². The van der Waals surface area contributed by atoms with Crippen LogP contribution in [0.2, 0.25) is 0 Å². The molecule has 1 N–H and O–H groups in total. The summed E-state index contributed by atoms with van der Waals surface area (Å²) < 4.78 is 0. The predicted molar refractivity (Wildman–Crippen MR) is 14.4 cm³/mol. The Morgan fingerprint density at radius 3 is 2.25 bits per heavy atom. The Morgan fingerprint density at radius 1 is 2.00 bits per heavy atom. The van der Waals surface area contributed by atoms with Crippen molar-refractivity contribution in [1.82, 2.24) is 0 Å². The molecule has 4 heavy (non-hydrogen) atoms. The van der Waals surface area contributed by atoms with Gasteiger partial charge in [-0.1, -0.05) is 11.6 Å². The van der Waals surface area contributed by atoms with Crippen molar-refractivity contribution in [3.8, 4) is 0 Å². The summed E-state index contributed by atoms with van der Waals surface area (Å²) >= 11 is 4.71. The van der Waals surface area contributed by atoms with Gasteiger partial charge in [0.1, 0.15) is 0 Å². The van der Waals surface area contributed by atoms with Gasteiger partial charge in [-0.3, -0.25) is 5.26 Å². The van der Waals surface area contributed by atoms with Crippen molar-refractivity contribution in [2.75, 3.05) is 6.07 Å². The van der Waals surface area contributed by atoms with E-state index < -0.39 is 0 Å². The number of rotatable bonds is 1. The van der Waals surface area contributed by atoms with E-state index >= 15 is 0 Å². The third-order valence-electron chi connectivity index (χ3n) is 0.0488. The second-order valence-electron chi connectivity index (χ2n) is 0.238. The van der Waals surface area contributed by atoms with Crippen molar-refractivity contribution >= 4 is 11.6 Å². The number of halogens is 1. The summed E-state index contributed by atoms with van der Waals surface area (Å²) in [5.41, 5.74) is 0. The molecular formula is CH3ClO2. The standard InChI is InChI=1S/CH3ClO2/c2-1-4-3/h3H,1H2. The molecule has 0 unspecified atom stereocenters. The Morgan fingerprint density at radius 2 is 2.25 bits per heavy atom. The highest BCUT2D eigenvalue weighted by molar-refractivity contribution is 6.16. The molecule has 0 aromatic rings. The van der Waals surface area contributed by atoms with E-state index in [-0.39, 0.29) is 6.07 Å². The maximum Gasteiger partial charge on any atom is 0.155 e. The second kappa shape index (κ2) is 3.21. The van der Waals surface area contributed by atoms with Gasteiger partial charge >= 0.3 is 0 Å². The van der Waals surface area contributed by atoms with Crippen LogP contribution in [0.1, 0.15) is 0 Å². The maximum absolute atomic E-state index is 7.24. The van der Waals surface area contributed by atoms with Gasteiger partial charge < -0.3 is 0 Å². The SMILES string of the molecule is OOCCl. The van der Waals surface area contributed by atoms with Crippen molar-refractivity contribution in [1.29, 1.82) is 0 Å². The highest BCUT2D eigenvalue weighted by Gasteiger charge is 1.57. The Labute approximate surface area is 28.9 Å². The molecule has 3 heteroatoms. The first-order chi connectivity index (χ1) is 1.91. The molecule has 0 saturated carbocycles. The average molecular weight is 82.5 g/mol. The largest absolute Gasteiger partial charge is 0.251 e. The number of hydrogen-bond donors (Lipinski definition) is 1. The summed E-state index contributed by atoms with van der Waals surface area (Å²) in [6, 6.07) is -0.153. The minimum absolute atomic E-state index is 0.153. The van der Waals surface area contributed by atoms with Gasteiger partial charge in [0.05, 0.1) is 0 Å². The molecule has 0 atom stereocenters. The molecule has 0 aliphatic rings. The van der Waals surface area contributed by atoms with Gasteiger partial charge in [0.2, 0.25) is 0 Å². The molecule has 0 aromatic carbocycles. The van der Waals surface area contributed by atoms with Crippen molar-refractivity contribution in [2.45, 2.75) is 0 Å². The second-order valence-corrected chi connectivity index (χ2v) is 0.456. The van der Waals surface area contributed by atoms with E-state index in [2.05, 4.69) is 4.89 Å². The van der Waals surface area contributed by atoms with E-state index in [9.17, 15) is 0 Å².